The average Bonchev–Trinajstić information content (AvgIpc) is 2.87. The van der Waals surface area contributed by atoms with Gasteiger partial charge in [0, 0.05) is 30.9 Å². The Hall–Kier alpha value is -3.14. The fraction of sp³-hybridized carbons (Fsp3) is 0.419. The van der Waals surface area contributed by atoms with Crippen LogP contribution < -0.4 is 19.7 Å². The van der Waals surface area contributed by atoms with Gasteiger partial charge in [-0.1, -0.05) is 68.5 Å². The summed E-state index contributed by atoms with van der Waals surface area (Å²) in [6.07, 6.45) is 10.8. The van der Waals surface area contributed by atoms with Crippen molar-refractivity contribution in [2.45, 2.75) is 58.0 Å². The number of nitrogens with one attached hydrogen (secondary N) is 1. The SMILES string of the molecule is c1ccc(COc2ccc(Nc3cccc(OCCCC4CCCCC4)c3)c(N3CCC3)c2)cc1. The first kappa shape index (κ1) is 23.6. The van der Waals surface area contributed by atoms with Gasteiger partial charge in [-0.2, -0.15) is 0 Å². The van der Waals surface area contributed by atoms with E-state index in [1.165, 1.54) is 56.2 Å². The van der Waals surface area contributed by atoms with Crippen molar-refractivity contribution in [1.82, 2.24) is 0 Å². The molecule has 1 saturated carbocycles. The molecule has 4 heteroatoms. The van der Waals surface area contributed by atoms with Gasteiger partial charge in [0.25, 0.3) is 0 Å². The second-order valence-corrected chi connectivity index (χ2v) is 9.94. The molecule has 4 nitrogen and oxygen atoms in total. The zero-order chi connectivity index (χ0) is 23.7. The molecule has 184 valence electrons. The van der Waals surface area contributed by atoms with Crippen molar-refractivity contribution >= 4 is 17.1 Å². The van der Waals surface area contributed by atoms with Gasteiger partial charge in [-0.25, -0.2) is 0 Å². The van der Waals surface area contributed by atoms with Crippen molar-refractivity contribution in [3.8, 4) is 11.5 Å². The largest absolute Gasteiger partial charge is 0.494 e. The van der Waals surface area contributed by atoms with E-state index >= 15 is 0 Å². The Morgan fingerprint density at radius 1 is 0.771 bits per heavy atom. The third-order valence-corrected chi connectivity index (χ3v) is 7.28. The molecule has 1 heterocycles. The van der Waals surface area contributed by atoms with Crippen LogP contribution in [-0.4, -0.2) is 19.7 Å². The van der Waals surface area contributed by atoms with Crippen molar-refractivity contribution in [2.24, 2.45) is 5.92 Å². The van der Waals surface area contributed by atoms with Crippen LogP contribution in [0.15, 0.2) is 72.8 Å². The van der Waals surface area contributed by atoms with Gasteiger partial charge in [0.05, 0.1) is 18.0 Å². The summed E-state index contributed by atoms with van der Waals surface area (Å²) in [7, 11) is 0. The monoisotopic (exact) mass is 470 g/mol. The summed E-state index contributed by atoms with van der Waals surface area (Å²) in [6.45, 7) is 3.54. The van der Waals surface area contributed by atoms with Crippen LogP contribution in [0.1, 0.15) is 56.9 Å². The Labute approximate surface area is 210 Å². The minimum atomic E-state index is 0.577. The molecule has 3 aromatic carbocycles. The molecule has 0 bridgehead atoms. The van der Waals surface area contributed by atoms with Gasteiger partial charge in [-0.05, 0) is 55.0 Å². The van der Waals surface area contributed by atoms with E-state index in [2.05, 4.69) is 64.8 Å². The third kappa shape index (κ3) is 6.72. The molecule has 0 unspecified atom stereocenters. The Morgan fingerprint density at radius 3 is 2.40 bits per heavy atom. The van der Waals surface area contributed by atoms with E-state index in [-0.39, 0.29) is 0 Å². The number of rotatable bonds is 11. The lowest BCUT2D eigenvalue weighted by molar-refractivity contribution is 0.269. The van der Waals surface area contributed by atoms with Crippen LogP contribution in [0.5, 0.6) is 11.5 Å². The summed E-state index contributed by atoms with van der Waals surface area (Å²) in [5, 5.41) is 3.63. The first-order valence-electron chi connectivity index (χ1n) is 13.4. The van der Waals surface area contributed by atoms with Crippen LogP contribution in [0.25, 0.3) is 0 Å². The maximum absolute atomic E-state index is 6.11. The fourth-order valence-electron chi connectivity index (χ4n) is 5.12. The Bertz CT molecular complexity index is 1060. The van der Waals surface area contributed by atoms with Gasteiger partial charge in [0.2, 0.25) is 0 Å². The molecule has 2 aliphatic rings. The summed E-state index contributed by atoms with van der Waals surface area (Å²) < 4.78 is 12.2. The highest BCUT2D eigenvalue weighted by Gasteiger charge is 2.19. The molecule has 0 amide bonds. The molecular weight excluding hydrogens is 432 g/mol. The number of nitrogens with zero attached hydrogens (tertiary/aromatic N) is 1. The molecule has 1 saturated heterocycles. The lowest BCUT2D eigenvalue weighted by Gasteiger charge is -2.35. The maximum Gasteiger partial charge on any atom is 0.122 e. The van der Waals surface area contributed by atoms with E-state index in [4.69, 9.17) is 9.47 Å². The Kier molecular flexibility index (Phi) is 8.10. The average molecular weight is 471 g/mol. The lowest BCUT2D eigenvalue weighted by Crippen LogP contribution is -2.37. The van der Waals surface area contributed by atoms with Gasteiger partial charge in [0.15, 0.2) is 0 Å². The standard InChI is InChI=1S/C31H38N2O2/c1-3-10-25(11-4-1)14-8-21-34-28-16-7-15-27(22-28)32-30-18-17-29(23-31(30)33-19-9-20-33)35-24-26-12-5-2-6-13-26/h2,5-7,12-13,15-18,22-23,25,32H,1,3-4,8-11,14,19-21,24H2. The summed E-state index contributed by atoms with van der Waals surface area (Å²) in [4.78, 5) is 2.41. The molecule has 0 atom stereocenters. The number of ether oxygens (including phenoxy) is 2. The fourth-order valence-corrected chi connectivity index (χ4v) is 5.12. The molecular formula is C31H38N2O2. The number of hydrogen-bond acceptors (Lipinski definition) is 4. The second-order valence-electron chi connectivity index (χ2n) is 9.94. The van der Waals surface area contributed by atoms with Crippen LogP contribution in [0.3, 0.4) is 0 Å². The van der Waals surface area contributed by atoms with Crippen LogP contribution in [0.2, 0.25) is 0 Å². The lowest BCUT2D eigenvalue weighted by atomic mass is 9.86. The zero-order valence-corrected chi connectivity index (χ0v) is 20.8. The molecule has 5 rings (SSSR count). The quantitative estimate of drug-likeness (QED) is 0.288. The van der Waals surface area contributed by atoms with E-state index in [1.54, 1.807) is 0 Å². The molecule has 1 aliphatic heterocycles. The predicted molar refractivity (Wildman–Crippen MR) is 145 cm³/mol. The van der Waals surface area contributed by atoms with Crippen LogP contribution in [0.4, 0.5) is 17.1 Å². The van der Waals surface area contributed by atoms with Gasteiger partial charge < -0.3 is 19.7 Å². The van der Waals surface area contributed by atoms with Crippen molar-refractivity contribution < 1.29 is 9.47 Å². The molecule has 0 aromatic heterocycles. The number of hydrogen-bond donors (Lipinski definition) is 1. The van der Waals surface area contributed by atoms with Crippen LogP contribution >= 0.6 is 0 Å². The molecule has 0 radical (unpaired) electrons. The smallest absolute Gasteiger partial charge is 0.122 e. The van der Waals surface area contributed by atoms with Crippen molar-refractivity contribution in [3.63, 3.8) is 0 Å². The van der Waals surface area contributed by atoms with Crippen LogP contribution in [-0.2, 0) is 6.61 Å². The molecule has 1 N–H and O–H groups in total. The highest BCUT2D eigenvalue weighted by molar-refractivity contribution is 5.77. The van der Waals surface area contributed by atoms with Crippen molar-refractivity contribution in [2.75, 3.05) is 29.9 Å². The van der Waals surface area contributed by atoms with Gasteiger partial charge in [0.1, 0.15) is 18.1 Å². The van der Waals surface area contributed by atoms with E-state index < -0.39 is 0 Å². The summed E-state index contributed by atoms with van der Waals surface area (Å²) >= 11 is 0. The second kappa shape index (κ2) is 12.0. The van der Waals surface area contributed by atoms with Gasteiger partial charge >= 0.3 is 0 Å². The van der Waals surface area contributed by atoms with Gasteiger partial charge in [-0.15, -0.1) is 0 Å². The Morgan fingerprint density at radius 2 is 1.60 bits per heavy atom. The number of benzene rings is 3. The summed E-state index contributed by atoms with van der Waals surface area (Å²) in [5.74, 6) is 2.75. The molecule has 0 spiro atoms. The minimum absolute atomic E-state index is 0.577. The minimum Gasteiger partial charge on any atom is -0.494 e. The first-order valence-corrected chi connectivity index (χ1v) is 13.4. The topological polar surface area (TPSA) is 33.7 Å². The summed E-state index contributed by atoms with van der Waals surface area (Å²) in [6, 6.07) is 25.0. The van der Waals surface area contributed by atoms with Gasteiger partial charge in [-0.3, -0.25) is 0 Å². The molecule has 3 aromatic rings. The predicted octanol–water partition coefficient (Wildman–Crippen LogP) is 7.96. The van der Waals surface area contributed by atoms with E-state index in [1.807, 2.05) is 18.2 Å². The van der Waals surface area contributed by atoms with Crippen LogP contribution in [0, 0.1) is 5.92 Å². The normalized spacial score (nSPS) is 15.9. The zero-order valence-electron chi connectivity index (χ0n) is 20.8. The third-order valence-electron chi connectivity index (χ3n) is 7.28. The molecule has 35 heavy (non-hydrogen) atoms. The van der Waals surface area contributed by atoms with E-state index in [0.29, 0.717) is 6.61 Å². The van der Waals surface area contributed by atoms with E-state index in [9.17, 15) is 0 Å². The Balaban J connectivity index is 1.19. The number of anilines is 3. The van der Waals surface area contributed by atoms with Crippen molar-refractivity contribution in [3.05, 3.63) is 78.4 Å². The maximum atomic E-state index is 6.11. The summed E-state index contributed by atoms with van der Waals surface area (Å²) in [5.41, 5.74) is 4.53. The van der Waals surface area contributed by atoms with Crippen molar-refractivity contribution in [1.29, 1.82) is 0 Å². The highest BCUT2D eigenvalue weighted by Crippen LogP contribution is 2.36. The molecule has 2 fully saturated rings. The first-order chi connectivity index (χ1) is 17.3. The van der Waals surface area contributed by atoms with E-state index in [0.717, 1.165) is 54.9 Å². The molecule has 1 aliphatic carbocycles. The highest BCUT2D eigenvalue weighted by atomic mass is 16.5.